The standard InChI is InChI=1S/C54H64N8O6S2/c1-31-23-47(61(29-31)51(63)43(19-21-69-5)59-53(65)67-3)49-55-41-17-15-37(27-45(41)57-49)39-25-33-7-11-35(39)13-9-34-8-12-36(14-10-33)40(26-34)38-16-18-42-46(28-38)58-50(56-42)48-24-32(2)30-62(48)52(64)44(20-22-70-6)60-54(66)68-4/h7-8,11-12,15-18,25-28,31-32,43-44,47-48H,9-10,13-14,19-24,29-30H2,1-6H3,(H,55,57)(H,56,58)(H,59,65)(H,60,66). The van der Waals surface area contributed by atoms with E-state index in [2.05, 4.69) is 107 Å². The van der Waals surface area contributed by atoms with E-state index in [1.54, 1.807) is 23.5 Å². The number of imidazole rings is 2. The number of hydrogen-bond donors (Lipinski definition) is 4. The maximum Gasteiger partial charge on any atom is 0.407 e. The zero-order valence-corrected chi connectivity index (χ0v) is 42.6. The molecule has 4 aromatic carbocycles. The molecular formula is C54H64N8O6S2. The van der Waals surface area contributed by atoms with Crippen molar-refractivity contribution in [2.75, 3.05) is 51.3 Å². The van der Waals surface area contributed by atoms with Crippen LogP contribution in [0.1, 0.15) is 85.5 Å². The first-order valence-electron chi connectivity index (χ1n) is 24.4. The summed E-state index contributed by atoms with van der Waals surface area (Å²) in [6, 6.07) is 24.9. The molecule has 0 saturated carbocycles. The van der Waals surface area contributed by atoms with Gasteiger partial charge in [-0.15, -0.1) is 0 Å². The van der Waals surface area contributed by atoms with Gasteiger partial charge >= 0.3 is 12.2 Å². The van der Waals surface area contributed by atoms with Gasteiger partial charge in [-0.3, -0.25) is 9.59 Å². The first-order chi connectivity index (χ1) is 33.9. The summed E-state index contributed by atoms with van der Waals surface area (Å²) in [6.07, 6.45) is 8.81. The second kappa shape index (κ2) is 21.6. The Balaban J connectivity index is 0.942. The van der Waals surface area contributed by atoms with Crippen LogP contribution in [0.25, 0.3) is 44.3 Å². The maximum absolute atomic E-state index is 14.0. The highest BCUT2D eigenvalue weighted by Crippen LogP contribution is 2.39. The second-order valence-corrected chi connectivity index (χ2v) is 21.3. The number of H-pyrrole nitrogens is 2. The zero-order valence-electron chi connectivity index (χ0n) is 40.9. The Bertz CT molecular complexity index is 2710. The van der Waals surface area contributed by atoms with Gasteiger partial charge < -0.3 is 39.9 Å². The molecule has 16 heteroatoms. The summed E-state index contributed by atoms with van der Waals surface area (Å²) in [5.41, 5.74) is 13.3. The lowest BCUT2D eigenvalue weighted by molar-refractivity contribution is -0.135. The van der Waals surface area contributed by atoms with E-state index in [1.807, 2.05) is 22.3 Å². The summed E-state index contributed by atoms with van der Waals surface area (Å²) in [5, 5.41) is 5.55. The van der Waals surface area contributed by atoms with E-state index in [4.69, 9.17) is 19.4 Å². The van der Waals surface area contributed by atoms with Crippen LogP contribution in [-0.2, 0) is 44.7 Å². The predicted molar refractivity (Wildman–Crippen MR) is 279 cm³/mol. The number of carbonyl (C=O) groups excluding carboxylic acids is 4. The lowest BCUT2D eigenvalue weighted by atomic mass is 9.87. The van der Waals surface area contributed by atoms with Crippen molar-refractivity contribution in [2.24, 2.45) is 11.8 Å². The van der Waals surface area contributed by atoms with Gasteiger partial charge in [0.2, 0.25) is 11.8 Å². The summed E-state index contributed by atoms with van der Waals surface area (Å²) in [7, 11) is 2.63. The number of nitrogens with zero attached hydrogens (tertiary/aromatic N) is 4. The smallest absolute Gasteiger partial charge is 0.407 e. The molecule has 70 heavy (non-hydrogen) atoms. The van der Waals surface area contributed by atoms with Crippen LogP contribution in [0.5, 0.6) is 0 Å². The van der Waals surface area contributed by atoms with Gasteiger partial charge in [-0.25, -0.2) is 19.6 Å². The van der Waals surface area contributed by atoms with E-state index in [-0.39, 0.29) is 35.7 Å². The van der Waals surface area contributed by atoms with Crippen LogP contribution in [0.2, 0.25) is 0 Å². The number of aromatic nitrogens is 4. The Hall–Kier alpha value is -6.00. The Morgan fingerprint density at radius 2 is 1.06 bits per heavy atom. The third kappa shape index (κ3) is 10.5. The molecule has 2 saturated heterocycles. The van der Waals surface area contributed by atoms with Gasteiger partial charge in [-0.2, -0.15) is 23.5 Å². The predicted octanol–water partition coefficient (Wildman–Crippen LogP) is 9.43. The quantitative estimate of drug-likeness (QED) is 0.0823. The van der Waals surface area contributed by atoms with Crippen molar-refractivity contribution in [2.45, 2.75) is 89.4 Å². The van der Waals surface area contributed by atoms with Gasteiger partial charge in [0.1, 0.15) is 23.7 Å². The van der Waals surface area contributed by atoms with Crippen molar-refractivity contribution >= 4 is 69.6 Å². The molecule has 0 radical (unpaired) electrons. The fraction of sp³-hybridized carbons (Fsp3) is 0.444. The summed E-state index contributed by atoms with van der Waals surface area (Å²) >= 11 is 3.28. The normalized spacial score (nSPS) is 19.8. The molecule has 6 aliphatic rings. The first kappa shape index (κ1) is 49.0. The van der Waals surface area contributed by atoms with Gasteiger partial charge in [0.15, 0.2) is 0 Å². The molecule has 12 rings (SSSR count). The molecule has 6 atom stereocenters. The monoisotopic (exact) mass is 984 g/mol. The maximum atomic E-state index is 14.0. The van der Waals surface area contributed by atoms with Gasteiger partial charge in [-0.05, 0) is 156 Å². The lowest BCUT2D eigenvalue weighted by Crippen LogP contribution is -2.49. The van der Waals surface area contributed by atoms with E-state index >= 15 is 0 Å². The number of aryl methyl sites for hydroxylation is 4. The van der Waals surface area contributed by atoms with Gasteiger partial charge in [0, 0.05) is 13.1 Å². The number of likely N-dealkylation sites (tertiary alicyclic amines) is 2. The molecule has 14 nitrogen and oxygen atoms in total. The molecule has 4 heterocycles. The fourth-order valence-electron chi connectivity index (χ4n) is 10.7. The number of benzene rings is 4. The minimum Gasteiger partial charge on any atom is -0.453 e. The van der Waals surface area contributed by atoms with Gasteiger partial charge in [-0.1, -0.05) is 62.4 Å². The molecule has 4 aliphatic carbocycles. The lowest BCUT2D eigenvalue weighted by Gasteiger charge is -2.28. The van der Waals surface area contributed by atoms with Crippen molar-refractivity contribution in [1.82, 2.24) is 40.4 Å². The summed E-state index contributed by atoms with van der Waals surface area (Å²) in [4.78, 5) is 73.6. The van der Waals surface area contributed by atoms with E-state index in [0.717, 1.165) is 94.9 Å². The molecule has 368 valence electrons. The largest absolute Gasteiger partial charge is 0.453 e. The molecule has 4 N–H and O–H groups in total. The van der Waals surface area contributed by atoms with Crippen LogP contribution in [0.4, 0.5) is 9.59 Å². The second-order valence-electron chi connectivity index (χ2n) is 19.3. The molecule has 6 unspecified atom stereocenters. The molecule has 2 aliphatic heterocycles. The fourth-order valence-corrected chi connectivity index (χ4v) is 11.6. The number of aromatic amines is 2. The van der Waals surface area contributed by atoms with Crippen LogP contribution in [0.3, 0.4) is 0 Å². The minimum absolute atomic E-state index is 0.111. The average molecular weight is 985 g/mol. The highest BCUT2D eigenvalue weighted by molar-refractivity contribution is 7.98. The van der Waals surface area contributed by atoms with Crippen molar-refractivity contribution < 1.29 is 28.7 Å². The molecular weight excluding hydrogens is 921 g/mol. The molecule has 6 aromatic rings. The first-order valence-corrected chi connectivity index (χ1v) is 27.2. The number of carbonyl (C=O) groups is 4. The Morgan fingerprint density at radius 1 is 0.629 bits per heavy atom. The number of methoxy groups -OCH3 is 2. The van der Waals surface area contributed by atoms with Crippen molar-refractivity contribution in [3.8, 4) is 22.3 Å². The van der Waals surface area contributed by atoms with Crippen LogP contribution >= 0.6 is 23.5 Å². The van der Waals surface area contributed by atoms with Crippen LogP contribution < -0.4 is 10.6 Å². The topological polar surface area (TPSA) is 175 Å². The highest BCUT2D eigenvalue weighted by atomic mass is 32.2. The average Bonchev–Trinajstić information content (AvgIpc) is 4.18. The Kier molecular flexibility index (Phi) is 15.1. The summed E-state index contributed by atoms with van der Waals surface area (Å²) < 4.78 is 9.73. The summed E-state index contributed by atoms with van der Waals surface area (Å²) in [5.74, 6) is 3.32. The van der Waals surface area contributed by atoms with Gasteiger partial charge in [0.25, 0.3) is 0 Å². The number of rotatable bonds is 14. The van der Waals surface area contributed by atoms with Crippen LogP contribution in [-0.4, -0.2) is 117 Å². The molecule has 4 amide bonds. The molecule has 2 aromatic heterocycles. The molecule has 4 bridgehead atoms. The SMILES string of the molecule is COC(=O)NC(CCSC)C(=O)N1CC(C)CC1c1nc2ccc(-c3cc4ccc3CCc3ccc(c(-c5ccc6nc(C7CC(C)CN7C(=O)C(CCSC)NC(=O)OC)[nH]c6c5)c3)CC4)cc2[nH]1. The van der Waals surface area contributed by atoms with Crippen LogP contribution in [0.15, 0.2) is 72.8 Å². The molecule has 0 spiro atoms. The van der Waals surface area contributed by atoms with E-state index in [9.17, 15) is 19.2 Å². The van der Waals surface area contributed by atoms with E-state index < -0.39 is 24.3 Å². The third-order valence-corrected chi connectivity index (χ3v) is 15.6. The third-order valence-electron chi connectivity index (χ3n) is 14.3. The Morgan fingerprint density at radius 3 is 1.46 bits per heavy atom. The van der Waals surface area contributed by atoms with E-state index in [1.165, 1.54) is 47.6 Å². The zero-order chi connectivity index (χ0) is 49.1. The number of alkyl carbamates (subject to hydrolysis) is 2. The number of thioether (sulfide) groups is 2. The van der Waals surface area contributed by atoms with Crippen molar-refractivity contribution in [1.29, 1.82) is 0 Å². The molecule has 2 fully saturated rings. The number of nitrogens with one attached hydrogen (secondary N) is 4. The summed E-state index contributed by atoms with van der Waals surface area (Å²) in [6.45, 7) is 5.49. The van der Waals surface area contributed by atoms with E-state index in [0.29, 0.717) is 25.9 Å². The van der Waals surface area contributed by atoms with Gasteiger partial charge in [0.05, 0.1) is 48.4 Å². The Labute approximate surface area is 418 Å². The number of amides is 4. The number of fused-ring (bicyclic) bond motifs is 2. The van der Waals surface area contributed by atoms with Crippen molar-refractivity contribution in [3.63, 3.8) is 0 Å². The van der Waals surface area contributed by atoms with Crippen LogP contribution in [0, 0.1) is 11.8 Å². The minimum atomic E-state index is -0.674. The number of ether oxygens (including phenoxy) is 2. The van der Waals surface area contributed by atoms with Crippen molar-refractivity contribution in [3.05, 3.63) is 107 Å². The highest BCUT2D eigenvalue weighted by Gasteiger charge is 2.41. The number of hydrogen-bond acceptors (Lipinski definition) is 10.